The van der Waals surface area contributed by atoms with E-state index in [1.807, 2.05) is 36.1 Å². The smallest absolute Gasteiger partial charge is 0.246 e. The van der Waals surface area contributed by atoms with E-state index in [2.05, 4.69) is 18.7 Å². The summed E-state index contributed by atoms with van der Waals surface area (Å²) in [7, 11) is 0. The quantitative estimate of drug-likeness (QED) is 0.799. The van der Waals surface area contributed by atoms with E-state index in [1.165, 1.54) is 6.42 Å². The highest BCUT2D eigenvalue weighted by atomic mass is 16.2. The third-order valence-corrected chi connectivity index (χ3v) is 6.02. The first-order valence-electron chi connectivity index (χ1n) is 10.4. The van der Waals surface area contributed by atoms with Crippen LogP contribution in [-0.4, -0.2) is 60.4 Å². The van der Waals surface area contributed by atoms with Gasteiger partial charge in [0.25, 0.3) is 0 Å². The number of rotatable bonds is 5. The van der Waals surface area contributed by atoms with E-state index in [-0.39, 0.29) is 24.4 Å². The molecule has 3 rings (SSSR count). The number of anilines is 1. The van der Waals surface area contributed by atoms with Gasteiger partial charge in [-0.25, -0.2) is 0 Å². The van der Waals surface area contributed by atoms with Crippen molar-refractivity contribution in [3.05, 3.63) is 29.8 Å². The van der Waals surface area contributed by atoms with Crippen LogP contribution in [0.2, 0.25) is 0 Å². The van der Waals surface area contributed by atoms with Gasteiger partial charge < -0.3 is 14.7 Å². The molecule has 1 unspecified atom stereocenters. The monoisotopic (exact) mass is 371 g/mol. The van der Waals surface area contributed by atoms with Crippen LogP contribution in [0.25, 0.3) is 0 Å². The number of hydrogen-bond donors (Lipinski definition) is 0. The fraction of sp³-hybridized carbons (Fsp3) is 0.636. The summed E-state index contributed by atoms with van der Waals surface area (Å²) < 4.78 is 0. The number of piperidine rings is 1. The number of carbonyl (C=O) groups is 2. The molecule has 2 aliphatic rings. The molecule has 0 radical (unpaired) electrons. The van der Waals surface area contributed by atoms with Gasteiger partial charge in [-0.2, -0.15) is 0 Å². The predicted octanol–water partition coefficient (Wildman–Crippen LogP) is 3.07. The molecule has 0 spiro atoms. The Labute approximate surface area is 163 Å². The van der Waals surface area contributed by atoms with Gasteiger partial charge in [-0.3, -0.25) is 9.59 Å². The van der Waals surface area contributed by atoms with Gasteiger partial charge >= 0.3 is 0 Å². The maximum absolute atomic E-state index is 12.9. The minimum atomic E-state index is 0.0218. The first kappa shape index (κ1) is 19.9. The second kappa shape index (κ2) is 8.87. The first-order valence-corrected chi connectivity index (χ1v) is 10.4. The van der Waals surface area contributed by atoms with Crippen LogP contribution in [0.5, 0.6) is 0 Å². The summed E-state index contributed by atoms with van der Waals surface area (Å²) in [4.78, 5) is 31.8. The Hall–Kier alpha value is -1.88. The zero-order valence-corrected chi connectivity index (χ0v) is 17.0. The summed E-state index contributed by atoms with van der Waals surface area (Å²) >= 11 is 0. The normalized spacial score (nSPS) is 22.3. The Balaban J connectivity index is 1.57. The van der Waals surface area contributed by atoms with Crippen LogP contribution in [0, 0.1) is 12.8 Å². The standard InChI is InChI=1S/C22H33N3O2/c1-4-11-23-12-9-19(10-13-23)14-21(26)24-16-22(27)25(15-18(24)3)20-8-6-5-7-17(20)2/h5-8,18-19H,4,9-16H2,1-3H3. The summed E-state index contributed by atoms with van der Waals surface area (Å²) in [5.74, 6) is 0.630. The van der Waals surface area contributed by atoms with Crippen LogP contribution in [0.15, 0.2) is 24.3 Å². The van der Waals surface area contributed by atoms with Gasteiger partial charge in [0.2, 0.25) is 11.8 Å². The molecule has 2 aliphatic heterocycles. The van der Waals surface area contributed by atoms with E-state index in [1.54, 1.807) is 4.90 Å². The summed E-state index contributed by atoms with van der Waals surface area (Å²) in [5, 5.41) is 0. The lowest BCUT2D eigenvalue weighted by atomic mass is 9.92. The van der Waals surface area contributed by atoms with Crippen molar-refractivity contribution in [1.82, 2.24) is 9.80 Å². The topological polar surface area (TPSA) is 43.9 Å². The van der Waals surface area contributed by atoms with Gasteiger partial charge in [-0.05, 0) is 70.3 Å². The third kappa shape index (κ3) is 4.70. The predicted molar refractivity (Wildman–Crippen MR) is 109 cm³/mol. The number of amides is 2. The minimum absolute atomic E-state index is 0.0218. The molecule has 1 atom stereocenters. The van der Waals surface area contributed by atoms with Crippen LogP contribution >= 0.6 is 0 Å². The van der Waals surface area contributed by atoms with Crippen LogP contribution in [0.4, 0.5) is 5.69 Å². The van der Waals surface area contributed by atoms with Crippen molar-refractivity contribution < 1.29 is 9.59 Å². The molecule has 5 heteroatoms. The molecule has 2 saturated heterocycles. The van der Waals surface area contributed by atoms with E-state index >= 15 is 0 Å². The molecule has 2 fully saturated rings. The van der Waals surface area contributed by atoms with E-state index in [0.29, 0.717) is 18.9 Å². The van der Waals surface area contributed by atoms with E-state index in [4.69, 9.17) is 0 Å². The molecular formula is C22H33N3O2. The number of benzene rings is 1. The van der Waals surface area contributed by atoms with Crippen molar-refractivity contribution in [1.29, 1.82) is 0 Å². The van der Waals surface area contributed by atoms with Crippen LogP contribution in [0.1, 0.15) is 45.1 Å². The Morgan fingerprint density at radius 3 is 2.56 bits per heavy atom. The first-order chi connectivity index (χ1) is 13.0. The number of likely N-dealkylation sites (tertiary alicyclic amines) is 1. The van der Waals surface area contributed by atoms with Crippen molar-refractivity contribution in [3.63, 3.8) is 0 Å². The molecule has 0 aliphatic carbocycles. The summed E-state index contributed by atoms with van der Waals surface area (Å²) in [6, 6.07) is 8.01. The lowest BCUT2D eigenvalue weighted by molar-refractivity contribution is -0.140. The van der Waals surface area contributed by atoms with E-state index in [0.717, 1.165) is 43.7 Å². The molecule has 2 heterocycles. The van der Waals surface area contributed by atoms with Crippen molar-refractivity contribution in [2.45, 2.75) is 52.5 Å². The average Bonchev–Trinajstić information content (AvgIpc) is 2.65. The summed E-state index contributed by atoms with van der Waals surface area (Å²) in [5.41, 5.74) is 2.06. The fourth-order valence-electron chi connectivity index (χ4n) is 4.38. The molecule has 1 aromatic rings. The lowest BCUT2D eigenvalue weighted by Crippen LogP contribution is -2.57. The lowest BCUT2D eigenvalue weighted by Gasteiger charge is -2.41. The van der Waals surface area contributed by atoms with Crippen molar-refractivity contribution in [3.8, 4) is 0 Å². The van der Waals surface area contributed by atoms with Crippen molar-refractivity contribution in [2.24, 2.45) is 5.92 Å². The minimum Gasteiger partial charge on any atom is -0.329 e. The van der Waals surface area contributed by atoms with Gasteiger partial charge in [0.05, 0.1) is 0 Å². The number of hydrogen-bond acceptors (Lipinski definition) is 3. The molecular weight excluding hydrogens is 338 g/mol. The number of para-hydroxylation sites is 1. The van der Waals surface area contributed by atoms with Crippen LogP contribution in [-0.2, 0) is 9.59 Å². The average molecular weight is 372 g/mol. The summed E-state index contributed by atoms with van der Waals surface area (Å²) in [6.45, 7) is 10.4. The number of piperazine rings is 1. The van der Waals surface area contributed by atoms with Crippen LogP contribution in [0.3, 0.4) is 0 Å². The number of aryl methyl sites for hydroxylation is 1. The number of nitrogens with zero attached hydrogens (tertiary/aromatic N) is 3. The number of carbonyl (C=O) groups excluding carboxylic acids is 2. The van der Waals surface area contributed by atoms with E-state index < -0.39 is 0 Å². The van der Waals surface area contributed by atoms with Gasteiger partial charge in [0, 0.05) is 24.7 Å². The molecule has 2 amide bonds. The highest BCUT2D eigenvalue weighted by Crippen LogP contribution is 2.26. The zero-order chi connectivity index (χ0) is 19.4. The van der Waals surface area contributed by atoms with Crippen LogP contribution < -0.4 is 4.90 Å². The molecule has 0 saturated carbocycles. The molecule has 148 valence electrons. The molecule has 27 heavy (non-hydrogen) atoms. The van der Waals surface area contributed by atoms with Crippen molar-refractivity contribution in [2.75, 3.05) is 37.6 Å². The van der Waals surface area contributed by atoms with Gasteiger partial charge in [-0.1, -0.05) is 25.1 Å². The zero-order valence-electron chi connectivity index (χ0n) is 17.0. The molecule has 0 N–H and O–H groups in total. The maximum atomic E-state index is 12.9. The third-order valence-electron chi connectivity index (χ3n) is 6.02. The molecule has 5 nitrogen and oxygen atoms in total. The van der Waals surface area contributed by atoms with Gasteiger partial charge in [-0.15, -0.1) is 0 Å². The van der Waals surface area contributed by atoms with Gasteiger partial charge in [0.1, 0.15) is 6.54 Å². The van der Waals surface area contributed by atoms with Gasteiger partial charge in [0.15, 0.2) is 0 Å². The van der Waals surface area contributed by atoms with E-state index in [9.17, 15) is 9.59 Å². The SMILES string of the molecule is CCCN1CCC(CC(=O)N2CC(=O)N(c3ccccc3C)CC2C)CC1. The summed E-state index contributed by atoms with van der Waals surface area (Å²) in [6.07, 6.45) is 3.96. The maximum Gasteiger partial charge on any atom is 0.246 e. The molecule has 0 bridgehead atoms. The second-order valence-electron chi connectivity index (χ2n) is 8.15. The largest absolute Gasteiger partial charge is 0.329 e. The highest BCUT2D eigenvalue weighted by molar-refractivity contribution is 5.98. The Bertz CT molecular complexity index is 667. The Morgan fingerprint density at radius 1 is 1.19 bits per heavy atom. The highest BCUT2D eigenvalue weighted by Gasteiger charge is 2.34. The van der Waals surface area contributed by atoms with Crippen molar-refractivity contribution >= 4 is 17.5 Å². The molecule has 1 aromatic carbocycles. The molecule has 0 aromatic heterocycles. The Kier molecular flexibility index (Phi) is 6.53. The second-order valence-corrected chi connectivity index (χ2v) is 8.15. The fourth-order valence-corrected chi connectivity index (χ4v) is 4.38. The Morgan fingerprint density at radius 2 is 1.89 bits per heavy atom.